The summed E-state index contributed by atoms with van der Waals surface area (Å²) in [6, 6.07) is -2.04. The number of nitrogens with two attached hydrogens (primary N) is 1. The molecule has 0 saturated heterocycles. The van der Waals surface area contributed by atoms with Gasteiger partial charge in [-0.05, 0) is 12.3 Å². The number of carboxylic acids is 3. The van der Waals surface area contributed by atoms with E-state index in [2.05, 4.69) is 10.6 Å². The predicted molar refractivity (Wildman–Crippen MR) is 86.0 cm³/mol. The van der Waals surface area contributed by atoms with E-state index in [1.165, 1.54) is 0 Å². The molecule has 0 radical (unpaired) electrons. The van der Waals surface area contributed by atoms with Gasteiger partial charge in [0, 0.05) is 6.42 Å². The standard InChI is InChI=1S/C12H21N3O6.C2HF3O2/c1-6(2)10(11(19)14-5-9(17)18)15-8(16)4-3-7(13)12(20)21;3-2(4,5)1(6)7/h6-7,10H,3-5,13H2,1-2H3,(H,14,19)(H,15,16)(H,17,18)(H,20,21);(H,6,7). The molecule has 0 aliphatic heterocycles. The van der Waals surface area contributed by atoms with E-state index in [0.717, 1.165) is 0 Å². The molecule has 7 N–H and O–H groups in total. The van der Waals surface area contributed by atoms with Gasteiger partial charge in [0.15, 0.2) is 0 Å². The minimum Gasteiger partial charge on any atom is -0.480 e. The summed E-state index contributed by atoms with van der Waals surface area (Å²) >= 11 is 0. The maximum atomic E-state index is 11.8. The highest BCUT2D eigenvalue weighted by atomic mass is 19.4. The van der Waals surface area contributed by atoms with Crippen molar-refractivity contribution in [2.75, 3.05) is 6.54 Å². The van der Waals surface area contributed by atoms with Gasteiger partial charge in [-0.15, -0.1) is 0 Å². The van der Waals surface area contributed by atoms with Gasteiger partial charge in [0.2, 0.25) is 11.8 Å². The van der Waals surface area contributed by atoms with Gasteiger partial charge < -0.3 is 31.7 Å². The molecule has 162 valence electrons. The molecule has 0 saturated carbocycles. The lowest BCUT2D eigenvalue weighted by atomic mass is 10.0. The number of amides is 2. The van der Waals surface area contributed by atoms with Crippen LogP contribution in [0.2, 0.25) is 0 Å². The first-order chi connectivity index (χ1) is 12.6. The summed E-state index contributed by atoms with van der Waals surface area (Å²) in [5.41, 5.74) is 5.27. The first-order valence-corrected chi connectivity index (χ1v) is 7.66. The molecule has 14 heteroatoms. The normalized spacial score (nSPS) is 12.8. The van der Waals surface area contributed by atoms with E-state index >= 15 is 0 Å². The third kappa shape index (κ3) is 13.3. The molecule has 0 spiro atoms. The Morgan fingerprint density at radius 1 is 1.04 bits per heavy atom. The second-order valence-corrected chi connectivity index (χ2v) is 5.69. The van der Waals surface area contributed by atoms with Crippen LogP contribution in [0.15, 0.2) is 0 Å². The fourth-order valence-electron chi connectivity index (χ4n) is 1.46. The number of aliphatic carboxylic acids is 3. The number of hydrogen-bond donors (Lipinski definition) is 6. The van der Waals surface area contributed by atoms with Crippen molar-refractivity contribution in [3.63, 3.8) is 0 Å². The number of alkyl halides is 3. The maximum Gasteiger partial charge on any atom is 0.490 e. The highest BCUT2D eigenvalue weighted by Crippen LogP contribution is 2.13. The lowest BCUT2D eigenvalue weighted by Gasteiger charge is -2.21. The molecular weight excluding hydrogens is 395 g/mol. The van der Waals surface area contributed by atoms with Crippen molar-refractivity contribution in [1.29, 1.82) is 0 Å². The topological polar surface area (TPSA) is 196 Å². The largest absolute Gasteiger partial charge is 0.490 e. The van der Waals surface area contributed by atoms with Gasteiger partial charge in [-0.25, -0.2) is 4.79 Å². The van der Waals surface area contributed by atoms with Gasteiger partial charge >= 0.3 is 24.1 Å². The Balaban J connectivity index is 0. The number of carbonyl (C=O) groups is 5. The molecule has 0 aromatic rings. The molecule has 0 heterocycles. The summed E-state index contributed by atoms with van der Waals surface area (Å²) in [7, 11) is 0. The number of rotatable bonds is 9. The Morgan fingerprint density at radius 3 is 1.82 bits per heavy atom. The van der Waals surface area contributed by atoms with Crippen LogP contribution in [0.4, 0.5) is 13.2 Å². The maximum absolute atomic E-state index is 11.8. The van der Waals surface area contributed by atoms with Crippen LogP contribution < -0.4 is 16.4 Å². The van der Waals surface area contributed by atoms with Gasteiger partial charge in [-0.2, -0.15) is 13.2 Å². The fourth-order valence-corrected chi connectivity index (χ4v) is 1.46. The highest BCUT2D eigenvalue weighted by Gasteiger charge is 2.38. The molecular formula is C14H22F3N3O8. The molecule has 0 aromatic heterocycles. The Kier molecular flexibility index (Phi) is 12.2. The van der Waals surface area contributed by atoms with Crippen LogP contribution in [-0.2, 0) is 24.0 Å². The Hall–Kier alpha value is -2.90. The second-order valence-electron chi connectivity index (χ2n) is 5.69. The van der Waals surface area contributed by atoms with Gasteiger partial charge in [0.25, 0.3) is 0 Å². The summed E-state index contributed by atoms with van der Waals surface area (Å²) in [6.45, 7) is 2.84. The zero-order valence-electron chi connectivity index (χ0n) is 14.9. The average Bonchev–Trinajstić information content (AvgIpc) is 2.54. The summed E-state index contributed by atoms with van der Waals surface area (Å²) in [6.07, 6.45) is -5.27. The third-order valence-corrected chi connectivity index (χ3v) is 2.92. The van der Waals surface area contributed by atoms with Crippen LogP contribution >= 0.6 is 0 Å². The van der Waals surface area contributed by atoms with Crippen molar-refractivity contribution in [3.05, 3.63) is 0 Å². The minimum absolute atomic E-state index is 0.0529. The first-order valence-electron chi connectivity index (χ1n) is 7.66. The van der Waals surface area contributed by atoms with Crippen molar-refractivity contribution in [2.24, 2.45) is 11.7 Å². The summed E-state index contributed by atoms with van der Waals surface area (Å²) in [5.74, 6) is -6.53. The predicted octanol–water partition coefficient (Wildman–Crippen LogP) is -0.847. The third-order valence-electron chi connectivity index (χ3n) is 2.92. The second kappa shape index (κ2) is 12.5. The fraction of sp³-hybridized carbons (Fsp3) is 0.643. The van der Waals surface area contributed by atoms with Crippen molar-refractivity contribution < 1.29 is 52.5 Å². The molecule has 0 aliphatic rings. The van der Waals surface area contributed by atoms with Gasteiger partial charge in [0.05, 0.1) is 0 Å². The Morgan fingerprint density at radius 2 is 1.50 bits per heavy atom. The smallest absolute Gasteiger partial charge is 0.480 e. The average molecular weight is 417 g/mol. The van der Waals surface area contributed by atoms with Crippen LogP contribution in [0.25, 0.3) is 0 Å². The zero-order chi connectivity index (χ0) is 22.7. The quantitative estimate of drug-likeness (QED) is 0.277. The van der Waals surface area contributed by atoms with Crippen molar-refractivity contribution in [2.45, 2.75) is 44.9 Å². The van der Waals surface area contributed by atoms with E-state index in [-0.39, 0.29) is 18.8 Å². The van der Waals surface area contributed by atoms with E-state index in [4.69, 9.17) is 25.8 Å². The van der Waals surface area contributed by atoms with Gasteiger partial charge in [-0.1, -0.05) is 13.8 Å². The molecule has 0 rings (SSSR count). The minimum atomic E-state index is -5.08. The molecule has 0 bridgehead atoms. The SMILES string of the molecule is CC(C)C(NC(=O)CCC(N)C(=O)O)C(=O)NCC(=O)O.O=C(O)C(F)(F)F. The van der Waals surface area contributed by atoms with Crippen LogP contribution in [0.3, 0.4) is 0 Å². The van der Waals surface area contributed by atoms with E-state index in [1.54, 1.807) is 13.8 Å². The monoisotopic (exact) mass is 417 g/mol. The molecule has 0 aromatic carbocycles. The van der Waals surface area contributed by atoms with Gasteiger partial charge in [-0.3, -0.25) is 19.2 Å². The van der Waals surface area contributed by atoms with Crippen molar-refractivity contribution in [3.8, 4) is 0 Å². The van der Waals surface area contributed by atoms with Crippen molar-refractivity contribution >= 4 is 29.7 Å². The molecule has 0 aliphatic carbocycles. The first kappa shape index (κ1) is 27.3. The zero-order valence-corrected chi connectivity index (χ0v) is 14.9. The molecule has 0 fully saturated rings. The number of carboxylic acid groups (broad SMARTS) is 3. The van der Waals surface area contributed by atoms with Crippen LogP contribution in [0.1, 0.15) is 26.7 Å². The number of hydrogen-bond acceptors (Lipinski definition) is 6. The molecule has 2 amide bonds. The Labute approximate surface area is 157 Å². The van der Waals surface area contributed by atoms with E-state index in [0.29, 0.717) is 0 Å². The van der Waals surface area contributed by atoms with Crippen molar-refractivity contribution in [1.82, 2.24) is 10.6 Å². The number of carbonyl (C=O) groups excluding carboxylic acids is 2. The highest BCUT2D eigenvalue weighted by molar-refractivity contribution is 5.89. The Bertz CT molecular complexity index is 581. The van der Waals surface area contributed by atoms with Crippen LogP contribution in [0.5, 0.6) is 0 Å². The number of halogens is 3. The molecule has 2 unspecified atom stereocenters. The molecule has 11 nitrogen and oxygen atoms in total. The summed E-state index contributed by atoms with van der Waals surface area (Å²) in [5, 5.41) is 28.8. The van der Waals surface area contributed by atoms with E-state index in [9.17, 15) is 32.3 Å². The van der Waals surface area contributed by atoms with E-state index < -0.39 is 54.5 Å². The molecule has 28 heavy (non-hydrogen) atoms. The lowest BCUT2D eigenvalue weighted by Crippen LogP contribution is -2.50. The van der Waals surface area contributed by atoms with Crippen LogP contribution in [-0.4, -0.2) is 69.8 Å². The number of nitrogens with one attached hydrogen (secondary N) is 2. The summed E-state index contributed by atoms with van der Waals surface area (Å²) < 4.78 is 31.7. The van der Waals surface area contributed by atoms with Crippen LogP contribution in [0, 0.1) is 5.92 Å². The van der Waals surface area contributed by atoms with Gasteiger partial charge in [0.1, 0.15) is 18.6 Å². The van der Waals surface area contributed by atoms with E-state index in [1.807, 2.05) is 0 Å². The molecule has 2 atom stereocenters. The lowest BCUT2D eigenvalue weighted by molar-refractivity contribution is -0.192. The summed E-state index contributed by atoms with van der Waals surface area (Å²) in [4.78, 5) is 53.2.